The topological polar surface area (TPSA) is 168 Å². The minimum Gasteiger partial charge on any atom is -0.353 e. The zero-order valence-corrected chi connectivity index (χ0v) is 28.9. The molecule has 5 rings (SSSR count). The van der Waals surface area contributed by atoms with Crippen molar-refractivity contribution < 1.29 is 24.0 Å². The van der Waals surface area contributed by atoms with Crippen LogP contribution >= 0.6 is 11.3 Å². The highest BCUT2D eigenvalue weighted by Gasteiger charge is 2.40. The van der Waals surface area contributed by atoms with Crippen molar-refractivity contribution in [3.63, 3.8) is 0 Å². The first-order valence-electron chi connectivity index (χ1n) is 17.0. The maximum atomic E-state index is 13.6. The van der Waals surface area contributed by atoms with E-state index in [0.717, 1.165) is 49.0 Å². The minimum atomic E-state index is -1.27. The SMILES string of the molecule is CCC1CC2CCCC(C1)C2NC(=O)Cn1cccc(NC(=O)[C@H](CCC(=O)C(=O)NC)NC(=O)c2sc(-c3ccccc3)nc2C)c1=O. The molecule has 3 atom stereocenters. The lowest BCUT2D eigenvalue weighted by Gasteiger charge is -2.46. The van der Waals surface area contributed by atoms with Gasteiger partial charge in [-0.3, -0.25) is 28.8 Å². The molecule has 2 heterocycles. The van der Waals surface area contributed by atoms with Crippen molar-refractivity contribution in [3.8, 4) is 10.6 Å². The molecule has 2 bridgehead atoms. The van der Waals surface area contributed by atoms with Gasteiger partial charge in [0.15, 0.2) is 0 Å². The fraction of sp³-hybridized carbons (Fsp3) is 0.472. The number of hydrogen-bond acceptors (Lipinski definition) is 8. The molecule has 260 valence electrons. The van der Waals surface area contributed by atoms with E-state index < -0.39 is 35.1 Å². The van der Waals surface area contributed by atoms with E-state index in [2.05, 4.69) is 33.2 Å². The normalized spacial score (nSPS) is 20.5. The molecule has 2 aromatic heterocycles. The maximum absolute atomic E-state index is 13.6. The Morgan fingerprint density at radius 2 is 1.73 bits per heavy atom. The van der Waals surface area contributed by atoms with E-state index in [1.54, 1.807) is 13.0 Å². The lowest BCUT2D eigenvalue weighted by molar-refractivity contribution is -0.137. The van der Waals surface area contributed by atoms with Crippen molar-refractivity contribution in [2.45, 2.75) is 83.8 Å². The number of aromatic nitrogens is 2. The number of fused-ring (bicyclic) bond motifs is 2. The van der Waals surface area contributed by atoms with Crippen LogP contribution in [-0.2, 0) is 25.7 Å². The van der Waals surface area contributed by atoms with Crippen LogP contribution in [0, 0.1) is 24.7 Å². The quantitative estimate of drug-likeness (QED) is 0.198. The Morgan fingerprint density at radius 3 is 2.41 bits per heavy atom. The Hall–Kier alpha value is -4.65. The van der Waals surface area contributed by atoms with E-state index in [4.69, 9.17) is 0 Å². The number of likely N-dealkylation sites (N-methyl/N-ethyl adjacent to an activating group) is 1. The van der Waals surface area contributed by atoms with Gasteiger partial charge in [0.25, 0.3) is 17.4 Å². The number of anilines is 1. The molecule has 1 aromatic carbocycles. The summed E-state index contributed by atoms with van der Waals surface area (Å²) in [5, 5.41) is 11.4. The van der Waals surface area contributed by atoms with E-state index in [9.17, 15) is 28.8 Å². The Balaban J connectivity index is 1.28. The molecule has 4 N–H and O–H groups in total. The number of carbonyl (C=O) groups excluding carboxylic acids is 5. The van der Waals surface area contributed by atoms with Crippen LogP contribution in [0.15, 0.2) is 53.5 Å². The molecule has 2 unspecified atom stereocenters. The summed E-state index contributed by atoms with van der Waals surface area (Å²) in [6.07, 6.45) is 7.73. The van der Waals surface area contributed by atoms with Crippen LogP contribution in [0.25, 0.3) is 10.6 Å². The van der Waals surface area contributed by atoms with Crippen LogP contribution in [0.5, 0.6) is 0 Å². The molecule has 0 radical (unpaired) electrons. The van der Waals surface area contributed by atoms with Gasteiger partial charge < -0.3 is 25.8 Å². The molecular weight excluding hydrogens is 644 g/mol. The molecule has 0 spiro atoms. The van der Waals surface area contributed by atoms with Gasteiger partial charge in [-0.25, -0.2) is 4.98 Å². The van der Waals surface area contributed by atoms with Gasteiger partial charge in [0.1, 0.15) is 28.2 Å². The number of nitrogens with zero attached hydrogens (tertiary/aromatic N) is 2. The van der Waals surface area contributed by atoms with Gasteiger partial charge in [-0.1, -0.05) is 50.1 Å². The monoisotopic (exact) mass is 688 g/mol. The second-order valence-electron chi connectivity index (χ2n) is 13.0. The molecule has 3 aromatic rings. The van der Waals surface area contributed by atoms with Crippen molar-refractivity contribution in [3.05, 3.63) is 69.6 Å². The van der Waals surface area contributed by atoms with E-state index >= 15 is 0 Å². The van der Waals surface area contributed by atoms with Crippen LogP contribution in [0.4, 0.5) is 5.69 Å². The van der Waals surface area contributed by atoms with Crippen molar-refractivity contribution in [1.29, 1.82) is 0 Å². The second kappa shape index (κ2) is 16.2. The number of carbonyl (C=O) groups is 5. The molecule has 4 amide bonds. The average Bonchev–Trinajstić information content (AvgIpc) is 3.49. The molecule has 2 aliphatic rings. The molecule has 13 heteroatoms. The van der Waals surface area contributed by atoms with Gasteiger partial charge in [0, 0.05) is 31.3 Å². The van der Waals surface area contributed by atoms with Gasteiger partial charge in [-0.05, 0) is 68.9 Å². The highest BCUT2D eigenvalue weighted by Crippen LogP contribution is 2.43. The summed E-state index contributed by atoms with van der Waals surface area (Å²) in [5.74, 6) is -1.56. The average molecular weight is 689 g/mol. The predicted molar refractivity (Wildman–Crippen MR) is 187 cm³/mol. The van der Waals surface area contributed by atoms with Gasteiger partial charge in [-0.15, -0.1) is 11.3 Å². The van der Waals surface area contributed by atoms with E-state index in [1.807, 2.05) is 30.3 Å². The van der Waals surface area contributed by atoms with Gasteiger partial charge in [-0.2, -0.15) is 0 Å². The van der Waals surface area contributed by atoms with Crippen LogP contribution in [0.2, 0.25) is 0 Å². The van der Waals surface area contributed by atoms with Crippen molar-refractivity contribution in [2.24, 2.45) is 17.8 Å². The molecule has 2 aliphatic carbocycles. The van der Waals surface area contributed by atoms with Crippen molar-refractivity contribution in [1.82, 2.24) is 25.5 Å². The first kappa shape index (κ1) is 35.7. The number of nitrogens with one attached hydrogen (secondary N) is 4. The summed E-state index contributed by atoms with van der Waals surface area (Å²) in [6.45, 7) is 3.71. The van der Waals surface area contributed by atoms with E-state index in [0.29, 0.717) is 28.5 Å². The summed E-state index contributed by atoms with van der Waals surface area (Å²) in [6, 6.07) is 11.2. The maximum Gasteiger partial charge on any atom is 0.287 e. The zero-order valence-electron chi connectivity index (χ0n) is 28.1. The third-order valence-electron chi connectivity index (χ3n) is 9.72. The second-order valence-corrected chi connectivity index (χ2v) is 14.0. The first-order chi connectivity index (χ1) is 23.6. The Labute approximate surface area is 289 Å². The first-order valence-corrected chi connectivity index (χ1v) is 17.8. The standard InChI is InChI=1S/C36H44N6O6S/c1-4-22-18-24-12-8-13-25(19-22)30(24)41-29(44)20-42-17-9-14-27(36(42)48)40-32(45)26(15-16-28(43)33(46)37-3)39-34(47)31-21(2)38-35(49-31)23-10-6-5-7-11-23/h5-7,9-11,14,17,22,24-26,30H,4,8,12-13,15-16,18-20H2,1-3H3,(H,37,46)(H,39,47)(H,40,45)(H,41,44)/t22?,24?,25?,26-,30?/m0/s1. The molecule has 2 saturated carbocycles. The number of hydrogen-bond donors (Lipinski definition) is 4. The number of benzene rings is 1. The number of aryl methyl sites for hydroxylation is 1. The van der Waals surface area contributed by atoms with Gasteiger partial charge >= 0.3 is 0 Å². The highest BCUT2D eigenvalue weighted by molar-refractivity contribution is 7.17. The largest absolute Gasteiger partial charge is 0.353 e. The van der Waals surface area contributed by atoms with Crippen molar-refractivity contribution in [2.75, 3.05) is 12.4 Å². The molecule has 0 aliphatic heterocycles. The van der Waals surface area contributed by atoms with Crippen LogP contribution in [-0.4, -0.2) is 58.1 Å². The highest BCUT2D eigenvalue weighted by atomic mass is 32.1. The molecule has 12 nitrogen and oxygen atoms in total. The lowest BCUT2D eigenvalue weighted by Crippen LogP contribution is -2.52. The summed E-state index contributed by atoms with van der Waals surface area (Å²) in [5.41, 5.74) is 0.630. The smallest absolute Gasteiger partial charge is 0.287 e. The summed E-state index contributed by atoms with van der Waals surface area (Å²) >= 11 is 1.16. The van der Waals surface area contributed by atoms with E-state index in [1.165, 1.54) is 30.3 Å². The fourth-order valence-corrected chi connectivity index (χ4v) is 8.11. The van der Waals surface area contributed by atoms with Gasteiger partial charge in [0.2, 0.25) is 17.6 Å². The fourth-order valence-electron chi connectivity index (χ4n) is 7.13. The number of rotatable bonds is 13. The Bertz CT molecular complexity index is 1740. The number of Topliss-reactive ketones (excluding diaryl/α,β-unsaturated/α-hetero) is 1. The van der Waals surface area contributed by atoms with E-state index in [-0.39, 0.29) is 41.9 Å². The summed E-state index contributed by atoms with van der Waals surface area (Å²) in [4.78, 5) is 82.6. The Kier molecular flexibility index (Phi) is 11.8. The number of ketones is 1. The summed E-state index contributed by atoms with van der Waals surface area (Å²) < 4.78 is 1.24. The molecule has 0 saturated heterocycles. The minimum absolute atomic E-state index is 0.0853. The molecular formula is C36H44N6O6S. The number of thiazole rings is 1. The zero-order chi connectivity index (χ0) is 35.1. The third kappa shape index (κ3) is 8.69. The number of pyridine rings is 1. The Morgan fingerprint density at radius 1 is 1.02 bits per heavy atom. The van der Waals surface area contributed by atoms with Crippen LogP contribution < -0.4 is 26.8 Å². The molecule has 49 heavy (non-hydrogen) atoms. The number of amides is 4. The van der Waals surface area contributed by atoms with Crippen LogP contribution in [0.3, 0.4) is 0 Å². The third-order valence-corrected chi connectivity index (χ3v) is 10.9. The molecule has 2 fully saturated rings. The van der Waals surface area contributed by atoms with Crippen molar-refractivity contribution >= 4 is 46.4 Å². The lowest BCUT2D eigenvalue weighted by atomic mass is 9.64. The van der Waals surface area contributed by atoms with Gasteiger partial charge in [0.05, 0.1) is 5.69 Å². The summed E-state index contributed by atoms with van der Waals surface area (Å²) in [7, 11) is 1.33. The predicted octanol–water partition coefficient (Wildman–Crippen LogP) is 3.83. The van der Waals surface area contributed by atoms with Crippen LogP contribution in [0.1, 0.15) is 73.7 Å².